The van der Waals surface area contributed by atoms with Crippen LogP contribution in [-0.4, -0.2) is 43.8 Å². The molecule has 1 atom stereocenters. The Bertz CT molecular complexity index is 1560. The molecule has 4 rings (SSSR count). The number of aryl methyl sites for hydroxylation is 1. The minimum atomic E-state index is -4.28. The van der Waals surface area contributed by atoms with E-state index in [-0.39, 0.29) is 39.1 Å². The number of amides is 2. The highest BCUT2D eigenvalue weighted by molar-refractivity contribution is 7.92. The van der Waals surface area contributed by atoms with Gasteiger partial charge in [0.1, 0.15) is 12.6 Å². The van der Waals surface area contributed by atoms with Gasteiger partial charge >= 0.3 is 0 Å². The summed E-state index contributed by atoms with van der Waals surface area (Å²) in [6.07, 6.45) is 3.79. The first-order chi connectivity index (χ1) is 19.9. The summed E-state index contributed by atoms with van der Waals surface area (Å²) in [4.78, 5) is 28.7. The zero-order chi connectivity index (χ0) is 30.6. The van der Waals surface area contributed by atoms with E-state index < -0.39 is 28.5 Å². The zero-order valence-corrected chi connectivity index (χ0v) is 27.0. The van der Waals surface area contributed by atoms with Crippen molar-refractivity contribution in [2.45, 2.75) is 63.1 Å². The van der Waals surface area contributed by atoms with Crippen molar-refractivity contribution >= 4 is 73.9 Å². The van der Waals surface area contributed by atoms with Gasteiger partial charge in [-0.05, 0) is 68.7 Å². The summed E-state index contributed by atoms with van der Waals surface area (Å²) in [5, 5.41) is 3.77. The van der Waals surface area contributed by atoms with Crippen LogP contribution in [0.2, 0.25) is 20.1 Å². The van der Waals surface area contributed by atoms with Crippen LogP contribution in [0.15, 0.2) is 65.6 Å². The molecule has 0 aromatic heterocycles. The number of rotatable bonds is 10. The number of carbonyl (C=O) groups excluding carboxylic acids is 2. The van der Waals surface area contributed by atoms with Crippen molar-refractivity contribution in [2.75, 3.05) is 10.8 Å². The maximum absolute atomic E-state index is 14.1. The number of hydrogen-bond donors (Lipinski definition) is 1. The van der Waals surface area contributed by atoms with Crippen molar-refractivity contribution in [3.8, 4) is 0 Å². The maximum atomic E-state index is 14.1. The second-order valence-electron chi connectivity index (χ2n) is 10.3. The van der Waals surface area contributed by atoms with Crippen LogP contribution in [0.5, 0.6) is 0 Å². The first kappa shape index (κ1) is 32.4. The molecule has 0 bridgehead atoms. The molecule has 3 aromatic rings. The zero-order valence-electron chi connectivity index (χ0n) is 23.1. The van der Waals surface area contributed by atoms with E-state index in [0.29, 0.717) is 15.6 Å². The third-order valence-corrected chi connectivity index (χ3v) is 10.6. The molecule has 1 unspecified atom stereocenters. The van der Waals surface area contributed by atoms with Gasteiger partial charge in [-0.25, -0.2) is 8.42 Å². The van der Waals surface area contributed by atoms with Crippen LogP contribution in [0, 0.1) is 6.92 Å². The molecule has 12 heteroatoms. The van der Waals surface area contributed by atoms with Gasteiger partial charge in [0.25, 0.3) is 10.0 Å². The Morgan fingerprint density at radius 2 is 1.60 bits per heavy atom. The van der Waals surface area contributed by atoms with E-state index >= 15 is 0 Å². The number of halogens is 4. The highest BCUT2D eigenvalue weighted by Gasteiger charge is 2.34. The Balaban J connectivity index is 1.73. The molecular weight excluding hydrogens is 640 g/mol. The summed E-state index contributed by atoms with van der Waals surface area (Å²) in [5.41, 5.74) is 1.52. The molecule has 3 aromatic carbocycles. The normalized spacial score (nSPS) is 14.4. The number of hydrogen-bond acceptors (Lipinski definition) is 4. The summed E-state index contributed by atoms with van der Waals surface area (Å²) in [6.45, 7) is 2.80. The van der Waals surface area contributed by atoms with Crippen molar-refractivity contribution in [1.82, 2.24) is 10.2 Å². The quantitative estimate of drug-likeness (QED) is 0.246. The van der Waals surface area contributed by atoms with Crippen molar-refractivity contribution in [2.24, 2.45) is 0 Å². The molecule has 2 amide bonds. The van der Waals surface area contributed by atoms with Crippen LogP contribution in [-0.2, 0) is 26.2 Å². The second kappa shape index (κ2) is 13.9. The molecule has 1 saturated carbocycles. The van der Waals surface area contributed by atoms with Crippen molar-refractivity contribution < 1.29 is 18.0 Å². The molecule has 7 nitrogen and oxygen atoms in total. The van der Waals surface area contributed by atoms with Crippen molar-refractivity contribution in [3.05, 3.63) is 91.9 Å². The summed E-state index contributed by atoms with van der Waals surface area (Å²) >= 11 is 25.1. The van der Waals surface area contributed by atoms with Gasteiger partial charge in [0, 0.05) is 12.6 Å². The Morgan fingerprint density at radius 3 is 2.24 bits per heavy atom. The summed E-state index contributed by atoms with van der Waals surface area (Å²) in [6, 6.07) is 14.8. The van der Waals surface area contributed by atoms with Gasteiger partial charge in [0.2, 0.25) is 11.8 Å². The van der Waals surface area contributed by atoms with E-state index in [4.69, 9.17) is 46.4 Å². The Morgan fingerprint density at radius 1 is 0.929 bits per heavy atom. The van der Waals surface area contributed by atoms with Crippen LogP contribution in [0.25, 0.3) is 0 Å². The number of nitrogens with zero attached hydrogens (tertiary/aromatic N) is 2. The fourth-order valence-electron chi connectivity index (χ4n) is 4.85. The topological polar surface area (TPSA) is 86.8 Å². The molecule has 224 valence electrons. The van der Waals surface area contributed by atoms with E-state index in [1.165, 1.54) is 29.2 Å². The van der Waals surface area contributed by atoms with Gasteiger partial charge in [-0.15, -0.1) is 0 Å². The average Bonchev–Trinajstić information content (AvgIpc) is 3.46. The van der Waals surface area contributed by atoms with Crippen LogP contribution in [0.3, 0.4) is 0 Å². The molecule has 1 aliphatic carbocycles. The Labute approximate surface area is 266 Å². The van der Waals surface area contributed by atoms with Gasteiger partial charge in [0.15, 0.2) is 0 Å². The SMILES string of the molecule is Cc1ccc(S(=O)(=O)N(CC(=O)N(Cc2ccc(Cl)c(Cl)c2)C(C)C(=O)NC2CCCC2)c2cccc(Cl)c2Cl)cc1. The van der Waals surface area contributed by atoms with Crippen molar-refractivity contribution in [1.29, 1.82) is 0 Å². The molecule has 1 N–H and O–H groups in total. The lowest BCUT2D eigenvalue weighted by Crippen LogP contribution is -2.52. The van der Waals surface area contributed by atoms with E-state index in [1.807, 2.05) is 6.92 Å². The second-order valence-corrected chi connectivity index (χ2v) is 13.8. The van der Waals surface area contributed by atoms with Crippen LogP contribution in [0.4, 0.5) is 5.69 Å². The number of carbonyl (C=O) groups is 2. The average molecular weight is 671 g/mol. The Kier molecular flexibility index (Phi) is 10.7. The van der Waals surface area contributed by atoms with Gasteiger partial charge in [-0.1, -0.05) is 89.1 Å². The minimum Gasteiger partial charge on any atom is -0.352 e. The molecule has 0 heterocycles. The Hall–Kier alpha value is -2.49. The van der Waals surface area contributed by atoms with Gasteiger partial charge in [-0.2, -0.15) is 0 Å². The smallest absolute Gasteiger partial charge is 0.264 e. The lowest BCUT2D eigenvalue weighted by atomic mass is 10.1. The number of sulfonamides is 1. The van der Waals surface area contributed by atoms with Gasteiger partial charge in [-0.3, -0.25) is 13.9 Å². The first-order valence-electron chi connectivity index (χ1n) is 13.5. The molecule has 0 aliphatic heterocycles. The van der Waals surface area contributed by atoms with Crippen LogP contribution >= 0.6 is 46.4 Å². The predicted octanol–water partition coefficient (Wildman–Crippen LogP) is 7.28. The first-order valence-corrected chi connectivity index (χ1v) is 16.4. The van der Waals surface area contributed by atoms with E-state index in [9.17, 15) is 18.0 Å². The number of anilines is 1. The standard InChI is InChI=1S/C30H31Cl4N3O4S/c1-19-10-13-23(14-11-19)42(40,41)37(27-9-5-8-25(32)29(27)34)18-28(38)36(17-21-12-15-24(31)26(33)16-21)20(2)30(39)35-22-6-3-4-7-22/h5,8-16,20,22H,3-4,6-7,17-18H2,1-2H3,(H,35,39). The molecule has 0 spiro atoms. The molecule has 42 heavy (non-hydrogen) atoms. The minimum absolute atomic E-state index is 0.0172. The number of nitrogens with one attached hydrogen (secondary N) is 1. The third-order valence-electron chi connectivity index (χ3n) is 7.29. The molecule has 1 fully saturated rings. The fourth-order valence-corrected chi connectivity index (χ4v) is 7.04. The fraction of sp³-hybridized carbons (Fsp3) is 0.333. The summed E-state index contributed by atoms with van der Waals surface area (Å²) in [7, 11) is -4.28. The van der Waals surface area contributed by atoms with Gasteiger partial charge < -0.3 is 10.2 Å². The third kappa shape index (κ3) is 7.53. The van der Waals surface area contributed by atoms with E-state index in [2.05, 4.69) is 5.32 Å². The highest BCUT2D eigenvalue weighted by Crippen LogP contribution is 2.36. The van der Waals surface area contributed by atoms with Crippen LogP contribution in [0.1, 0.15) is 43.7 Å². The molecule has 0 saturated heterocycles. The van der Waals surface area contributed by atoms with Gasteiger partial charge in [0.05, 0.1) is 30.7 Å². The summed E-state index contributed by atoms with van der Waals surface area (Å²) < 4.78 is 28.9. The molecule has 1 aliphatic rings. The van der Waals surface area contributed by atoms with E-state index in [0.717, 1.165) is 35.6 Å². The number of benzene rings is 3. The largest absolute Gasteiger partial charge is 0.352 e. The lowest BCUT2D eigenvalue weighted by Gasteiger charge is -2.33. The highest BCUT2D eigenvalue weighted by atomic mass is 35.5. The lowest BCUT2D eigenvalue weighted by molar-refractivity contribution is -0.139. The van der Waals surface area contributed by atoms with Crippen LogP contribution < -0.4 is 9.62 Å². The predicted molar refractivity (Wildman–Crippen MR) is 169 cm³/mol. The summed E-state index contributed by atoms with van der Waals surface area (Å²) in [5.74, 6) is -0.953. The van der Waals surface area contributed by atoms with Crippen molar-refractivity contribution in [3.63, 3.8) is 0 Å². The molecular formula is C30H31Cl4N3O4S. The molecule has 0 radical (unpaired) electrons. The maximum Gasteiger partial charge on any atom is 0.264 e. The monoisotopic (exact) mass is 669 g/mol. The van der Waals surface area contributed by atoms with E-state index in [1.54, 1.807) is 43.3 Å².